The molecule has 0 heterocycles. The van der Waals surface area contributed by atoms with Crippen LogP contribution in [0.5, 0.6) is 0 Å². The van der Waals surface area contributed by atoms with E-state index >= 15 is 0 Å². The zero-order valence-electron chi connectivity index (χ0n) is 2.12. The van der Waals surface area contributed by atoms with Crippen molar-refractivity contribution >= 4 is 45.7 Å². The first-order valence-electron chi connectivity index (χ1n) is 0.826. The van der Waals surface area contributed by atoms with Gasteiger partial charge in [0.25, 0.3) is 0 Å². The van der Waals surface area contributed by atoms with Gasteiger partial charge in [-0.3, -0.25) is 0 Å². The Labute approximate surface area is 50.1 Å². The Kier molecular flexibility index (Phi) is 4.41. The van der Waals surface area contributed by atoms with Crippen LogP contribution in [0.15, 0.2) is 0 Å². The molecule has 0 amide bonds. The molecule has 0 aliphatic rings. The van der Waals surface area contributed by atoms with Crippen LogP contribution >= 0.6 is 40.6 Å². The van der Waals surface area contributed by atoms with Crippen LogP contribution in [-0.4, -0.2) is 5.09 Å². The van der Waals surface area contributed by atoms with Crippen molar-refractivity contribution in [3.05, 3.63) is 0 Å². The SMILES string of the molecule is FB(Br)SBr. The van der Waals surface area contributed by atoms with Crippen molar-refractivity contribution in [2.45, 2.75) is 0 Å². The third-order valence-corrected chi connectivity index (χ3v) is 3.25. The minimum absolute atomic E-state index is 0.942. The molecule has 0 N–H and O–H groups in total. The van der Waals surface area contributed by atoms with Crippen LogP contribution in [0.4, 0.5) is 4.32 Å². The molecule has 0 bridgehead atoms. The molecule has 0 saturated carbocycles. The predicted octanol–water partition coefficient (Wildman–Crippen LogP) is 2.38. The predicted molar refractivity (Wildman–Crippen MR) is 32.3 cm³/mol. The fourth-order valence-corrected chi connectivity index (χ4v) is 0. The lowest BCUT2D eigenvalue weighted by atomic mass is 10.6. The van der Waals surface area contributed by atoms with Gasteiger partial charge in [-0.2, -0.15) is 0 Å². The summed E-state index contributed by atoms with van der Waals surface area (Å²) >= 11 is 5.43. The van der Waals surface area contributed by atoms with Crippen molar-refractivity contribution in [2.75, 3.05) is 0 Å². The topological polar surface area (TPSA) is 0 Å². The van der Waals surface area contributed by atoms with Gasteiger partial charge in [0.15, 0.2) is 0 Å². The molecule has 0 aromatic rings. The highest BCUT2D eigenvalue weighted by atomic mass is 79.9. The molecule has 0 radical (unpaired) electrons. The summed E-state index contributed by atoms with van der Waals surface area (Å²) in [5, 5.41) is -0.970. The Morgan fingerprint density at radius 2 is 2.00 bits per heavy atom. The summed E-state index contributed by atoms with van der Waals surface area (Å²) in [5.41, 5.74) is 0. The van der Waals surface area contributed by atoms with Gasteiger partial charge in [-0.1, -0.05) is 25.8 Å². The second-order valence-corrected chi connectivity index (χ2v) is 3.47. The highest BCUT2D eigenvalue weighted by molar-refractivity contribution is 9.58. The van der Waals surface area contributed by atoms with Gasteiger partial charge in [-0.15, -0.1) is 0 Å². The van der Waals surface area contributed by atoms with Crippen molar-refractivity contribution < 1.29 is 4.32 Å². The van der Waals surface area contributed by atoms with Crippen molar-refractivity contribution in [2.24, 2.45) is 0 Å². The van der Waals surface area contributed by atoms with Gasteiger partial charge in [0, 0.05) is 0 Å². The Bertz CT molecular complexity index is 23.6. The molecule has 0 saturated heterocycles. The molecule has 0 aromatic carbocycles. The van der Waals surface area contributed by atoms with Crippen molar-refractivity contribution in [3.8, 4) is 0 Å². The normalized spacial score (nSPS) is 7.80. The van der Waals surface area contributed by atoms with E-state index in [1.807, 2.05) is 0 Å². The molecule has 5 heteroatoms. The van der Waals surface area contributed by atoms with E-state index in [1.165, 1.54) is 0 Å². The molecule has 0 unspecified atom stereocenters. The van der Waals surface area contributed by atoms with E-state index in [4.69, 9.17) is 0 Å². The summed E-state index contributed by atoms with van der Waals surface area (Å²) in [6.45, 7) is 0. The molecule has 0 aromatic heterocycles. The average molecular weight is 222 g/mol. The summed E-state index contributed by atoms with van der Waals surface area (Å²) in [4.78, 5) is 0. The Hall–Kier alpha value is 1.30. The molecule has 0 rings (SSSR count). The summed E-state index contributed by atoms with van der Waals surface area (Å²) in [5.74, 6) is 0. The van der Waals surface area contributed by atoms with E-state index in [0.29, 0.717) is 0 Å². The van der Waals surface area contributed by atoms with Gasteiger partial charge in [0.1, 0.15) is 0 Å². The van der Waals surface area contributed by atoms with Gasteiger partial charge in [-0.05, 0) is 14.8 Å². The summed E-state index contributed by atoms with van der Waals surface area (Å²) in [6.07, 6.45) is 0. The lowest BCUT2D eigenvalue weighted by molar-refractivity contribution is 0.890. The zero-order valence-corrected chi connectivity index (χ0v) is 6.11. The molecule has 0 atom stereocenters. The Morgan fingerprint density at radius 3 is 2.00 bits per heavy atom. The first-order valence-corrected chi connectivity index (χ1v) is 4.46. The van der Waals surface area contributed by atoms with Crippen LogP contribution in [-0.2, 0) is 0 Å². The van der Waals surface area contributed by atoms with Crippen LogP contribution in [0, 0.1) is 0 Å². The highest BCUT2D eigenvalue weighted by Crippen LogP contribution is 2.19. The van der Waals surface area contributed by atoms with Crippen LogP contribution in [0.3, 0.4) is 0 Å². The smallest absolute Gasteiger partial charge is 0.301 e. The van der Waals surface area contributed by atoms with Crippen LogP contribution < -0.4 is 0 Å². The second-order valence-electron chi connectivity index (χ2n) is 0.350. The van der Waals surface area contributed by atoms with Crippen LogP contribution in [0.1, 0.15) is 0 Å². The first kappa shape index (κ1) is 6.30. The second kappa shape index (κ2) is 3.49. The quantitative estimate of drug-likeness (QED) is 0.613. The van der Waals surface area contributed by atoms with E-state index in [-0.39, 0.29) is 0 Å². The third-order valence-electron chi connectivity index (χ3n) is 0.0673. The first-order chi connectivity index (χ1) is 2.27. The Morgan fingerprint density at radius 1 is 1.80 bits per heavy atom. The number of hydrogen-bond acceptors (Lipinski definition) is 1. The molecular formula is BBr2FS. The van der Waals surface area contributed by atoms with E-state index < -0.39 is 5.09 Å². The average Bonchev–Trinajstić information content (AvgIpc) is 1.38. The molecule has 0 aliphatic carbocycles. The summed E-state index contributed by atoms with van der Waals surface area (Å²) in [6, 6.07) is 0. The van der Waals surface area contributed by atoms with Crippen LogP contribution in [0.2, 0.25) is 0 Å². The molecule has 0 nitrogen and oxygen atoms in total. The standard InChI is InChI=1S/BBr2FS/c2-1(4)5-3. The lowest BCUT2D eigenvalue weighted by Gasteiger charge is -1.74. The van der Waals surface area contributed by atoms with Crippen LogP contribution in [0.25, 0.3) is 0 Å². The maximum atomic E-state index is 11.3. The molecule has 30 valence electrons. The third kappa shape index (κ3) is 5.30. The lowest BCUT2D eigenvalue weighted by Crippen LogP contribution is -1.73. The molecule has 0 aliphatic heterocycles. The Balaban J connectivity index is 2.54. The number of hydrogen-bond donors (Lipinski definition) is 0. The summed E-state index contributed by atoms with van der Waals surface area (Å²) in [7, 11) is 0.942. The number of rotatable bonds is 1. The van der Waals surface area contributed by atoms with Gasteiger partial charge in [0.2, 0.25) is 0 Å². The van der Waals surface area contributed by atoms with Crippen molar-refractivity contribution in [3.63, 3.8) is 0 Å². The fourth-order valence-electron chi connectivity index (χ4n) is 0. The highest BCUT2D eigenvalue weighted by Gasteiger charge is 2.02. The van der Waals surface area contributed by atoms with E-state index in [1.54, 1.807) is 0 Å². The zero-order chi connectivity index (χ0) is 4.28. The van der Waals surface area contributed by atoms with E-state index in [9.17, 15) is 4.32 Å². The molecule has 0 fully saturated rings. The fraction of sp³-hybridized carbons (Fsp3) is 0. The van der Waals surface area contributed by atoms with Gasteiger partial charge in [0.05, 0.1) is 0 Å². The maximum Gasteiger partial charge on any atom is 0.496 e. The number of halogens is 3. The molecular weight excluding hydrogens is 222 g/mol. The van der Waals surface area contributed by atoms with Gasteiger partial charge >= 0.3 is 5.09 Å². The van der Waals surface area contributed by atoms with Crippen molar-refractivity contribution in [1.82, 2.24) is 0 Å². The van der Waals surface area contributed by atoms with Crippen molar-refractivity contribution in [1.29, 1.82) is 0 Å². The minimum atomic E-state index is -0.970. The minimum Gasteiger partial charge on any atom is -0.301 e. The van der Waals surface area contributed by atoms with E-state index in [2.05, 4.69) is 30.6 Å². The van der Waals surface area contributed by atoms with Gasteiger partial charge < -0.3 is 4.32 Å². The largest absolute Gasteiger partial charge is 0.496 e. The van der Waals surface area contributed by atoms with E-state index in [0.717, 1.165) is 10.0 Å². The maximum absolute atomic E-state index is 11.3. The molecule has 5 heavy (non-hydrogen) atoms. The summed E-state index contributed by atoms with van der Waals surface area (Å²) < 4.78 is 11.3. The van der Waals surface area contributed by atoms with Gasteiger partial charge in [-0.25, -0.2) is 0 Å². The molecule has 0 spiro atoms. The monoisotopic (exact) mass is 220 g/mol.